The monoisotopic (exact) mass is 332 g/mol. The number of amides is 1. The average molecular weight is 333 g/mol. The zero-order valence-corrected chi connectivity index (χ0v) is 14.0. The number of nitrogens with two attached hydrogens (primary N) is 1. The Hall–Kier alpha value is -2.04. The summed E-state index contributed by atoms with van der Waals surface area (Å²) in [5.74, 6) is 0.605. The lowest BCUT2D eigenvalue weighted by Crippen LogP contribution is -2.33. The van der Waals surface area contributed by atoms with Crippen molar-refractivity contribution in [3.8, 4) is 5.75 Å². The number of halogens is 1. The maximum absolute atomic E-state index is 12.2. The molecule has 3 N–H and O–H groups in total. The fraction of sp³-hybridized carbons (Fsp3) is 0.278. The number of nitrogens with one attached hydrogen (secondary N) is 1. The minimum atomic E-state index is -0.356. The van der Waals surface area contributed by atoms with Crippen LogP contribution in [0, 0.1) is 0 Å². The second kappa shape index (κ2) is 7.99. The van der Waals surface area contributed by atoms with Gasteiger partial charge in [0.2, 0.25) is 5.91 Å². The molecule has 23 heavy (non-hydrogen) atoms. The first-order valence-electron chi connectivity index (χ1n) is 7.44. The number of hydrogen-bond donors (Lipinski definition) is 2. The number of hydrogen-bond acceptors (Lipinski definition) is 3. The highest BCUT2D eigenvalue weighted by atomic mass is 35.5. The van der Waals surface area contributed by atoms with E-state index in [2.05, 4.69) is 5.32 Å². The van der Waals surface area contributed by atoms with Crippen molar-refractivity contribution in [2.24, 2.45) is 5.73 Å². The van der Waals surface area contributed by atoms with Crippen LogP contribution in [-0.4, -0.2) is 19.1 Å². The van der Waals surface area contributed by atoms with Crippen LogP contribution in [0.1, 0.15) is 30.5 Å². The van der Waals surface area contributed by atoms with Gasteiger partial charge in [-0.15, -0.1) is 0 Å². The molecule has 1 amide bonds. The molecule has 2 rings (SSSR count). The van der Waals surface area contributed by atoms with Crippen molar-refractivity contribution < 1.29 is 9.53 Å². The molecule has 0 aliphatic rings. The van der Waals surface area contributed by atoms with E-state index in [4.69, 9.17) is 22.1 Å². The van der Waals surface area contributed by atoms with Gasteiger partial charge >= 0.3 is 0 Å². The molecular formula is C18H21ClN2O2. The van der Waals surface area contributed by atoms with Crippen LogP contribution in [0.4, 0.5) is 0 Å². The fourth-order valence-electron chi connectivity index (χ4n) is 2.38. The first kappa shape index (κ1) is 17.3. The highest BCUT2D eigenvalue weighted by molar-refractivity contribution is 6.31. The third-order valence-corrected chi connectivity index (χ3v) is 3.80. The molecule has 0 heterocycles. The molecule has 2 atom stereocenters. The minimum absolute atomic E-state index is 0.118. The van der Waals surface area contributed by atoms with Crippen molar-refractivity contribution in [2.45, 2.75) is 25.4 Å². The summed E-state index contributed by atoms with van der Waals surface area (Å²) >= 11 is 6.32. The van der Waals surface area contributed by atoms with Crippen molar-refractivity contribution >= 4 is 17.5 Å². The molecule has 0 radical (unpaired) electrons. The van der Waals surface area contributed by atoms with E-state index < -0.39 is 0 Å². The van der Waals surface area contributed by atoms with Crippen LogP contribution in [0.15, 0.2) is 48.5 Å². The first-order chi connectivity index (χ1) is 11.0. The topological polar surface area (TPSA) is 64.3 Å². The summed E-state index contributed by atoms with van der Waals surface area (Å²) < 4.78 is 5.27. The van der Waals surface area contributed by atoms with Gasteiger partial charge in [0.15, 0.2) is 0 Å². The molecule has 0 bridgehead atoms. The third-order valence-electron chi connectivity index (χ3n) is 3.46. The van der Waals surface area contributed by atoms with Gasteiger partial charge in [0.05, 0.1) is 13.2 Å². The number of methoxy groups -OCH3 is 1. The van der Waals surface area contributed by atoms with E-state index in [0.29, 0.717) is 5.02 Å². The molecule has 2 aromatic rings. The number of ether oxygens (including phenoxy) is 1. The summed E-state index contributed by atoms with van der Waals surface area (Å²) in [6, 6.07) is 14.5. The van der Waals surface area contributed by atoms with Gasteiger partial charge in [-0.05, 0) is 36.2 Å². The number of benzene rings is 2. The highest BCUT2D eigenvalue weighted by Crippen LogP contribution is 2.30. The lowest BCUT2D eigenvalue weighted by molar-refractivity contribution is -0.121. The van der Waals surface area contributed by atoms with E-state index in [1.807, 2.05) is 48.5 Å². The second-order valence-electron chi connectivity index (χ2n) is 5.48. The molecule has 0 fully saturated rings. The molecule has 0 aliphatic heterocycles. The van der Waals surface area contributed by atoms with Crippen LogP contribution in [-0.2, 0) is 4.79 Å². The maximum atomic E-state index is 12.2. The predicted molar refractivity (Wildman–Crippen MR) is 92.7 cm³/mol. The maximum Gasteiger partial charge on any atom is 0.222 e. The normalized spacial score (nSPS) is 13.2. The fourth-order valence-corrected chi connectivity index (χ4v) is 2.63. The van der Waals surface area contributed by atoms with Gasteiger partial charge in [-0.25, -0.2) is 0 Å². The quantitative estimate of drug-likeness (QED) is 0.853. The SMILES string of the molecule is COc1cccc(C(NC(=O)CC(C)N)c2ccccc2Cl)c1. The molecule has 0 aliphatic carbocycles. The summed E-state index contributed by atoms with van der Waals surface area (Å²) in [5, 5.41) is 3.61. The van der Waals surface area contributed by atoms with Gasteiger partial charge in [0.1, 0.15) is 5.75 Å². The van der Waals surface area contributed by atoms with E-state index in [0.717, 1.165) is 16.9 Å². The molecular weight excluding hydrogens is 312 g/mol. The second-order valence-corrected chi connectivity index (χ2v) is 5.89. The zero-order valence-electron chi connectivity index (χ0n) is 13.3. The Labute approximate surface area is 141 Å². The van der Waals surface area contributed by atoms with Gasteiger partial charge in [0.25, 0.3) is 0 Å². The molecule has 4 nitrogen and oxygen atoms in total. The van der Waals surface area contributed by atoms with E-state index in [-0.39, 0.29) is 24.4 Å². The molecule has 0 spiro atoms. The standard InChI is InChI=1S/C18H21ClN2O2/c1-12(20)10-17(22)21-18(15-8-3-4-9-16(15)19)13-6-5-7-14(11-13)23-2/h3-9,11-12,18H,10,20H2,1-2H3,(H,21,22). The Morgan fingerprint density at radius 2 is 2.00 bits per heavy atom. The van der Waals surface area contributed by atoms with E-state index in [1.165, 1.54) is 0 Å². The number of carbonyl (C=O) groups is 1. The molecule has 0 aromatic heterocycles. The zero-order chi connectivity index (χ0) is 16.8. The van der Waals surface area contributed by atoms with Crippen molar-refractivity contribution in [3.05, 3.63) is 64.7 Å². The van der Waals surface area contributed by atoms with E-state index in [1.54, 1.807) is 14.0 Å². The Bertz CT molecular complexity index is 674. The third kappa shape index (κ3) is 4.71. The Morgan fingerprint density at radius 1 is 1.26 bits per heavy atom. The summed E-state index contributed by atoms with van der Waals surface area (Å²) in [5.41, 5.74) is 7.45. The van der Waals surface area contributed by atoms with Crippen molar-refractivity contribution in [1.29, 1.82) is 0 Å². The van der Waals surface area contributed by atoms with Crippen LogP contribution >= 0.6 is 11.6 Å². The molecule has 0 saturated heterocycles. The van der Waals surface area contributed by atoms with Crippen LogP contribution < -0.4 is 15.8 Å². The Kier molecular flexibility index (Phi) is 6.02. The molecule has 0 saturated carbocycles. The predicted octanol–water partition coefficient (Wildman–Crippen LogP) is 3.29. The van der Waals surface area contributed by atoms with E-state index in [9.17, 15) is 4.79 Å². The van der Waals surface area contributed by atoms with Gasteiger partial charge < -0.3 is 15.8 Å². The molecule has 2 aromatic carbocycles. The van der Waals surface area contributed by atoms with Crippen LogP contribution in [0.5, 0.6) is 5.75 Å². The highest BCUT2D eigenvalue weighted by Gasteiger charge is 2.20. The van der Waals surface area contributed by atoms with Crippen molar-refractivity contribution in [2.75, 3.05) is 7.11 Å². The summed E-state index contributed by atoms with van der Waals surface area (Å²) in [6.07, 6.45) is 0.255. The van der Waals surface area contributed by atoms with Crippen molar-refractivity contribution in [3.63, 3.8) is 0 Å². The molecule has 2 unspecified atom stereocenters. The minimum Gasteiger partial charge on any atom is -0.497 e. The smallest absolute Gasteiger partial charge is 0.222 e. The largest absolute Gasteiger partial charge is 0.497 e. The van der Waals surface area contributed by atoms with Crippen LogP contribution in [0.3, 0.4) is 0 Å². The Balaban J connectivity index is 2.38. The van der Waals surface area contributed by atoms with Gasteiger partial charge in [-0.2, -0.15) is 0 Å². The van der Waals surface area contributed by atoms with Gasteiger partial charge in [0, 0.05) is 17.5 Å². The van der Waals surface area contributed by atoms with Gasteiger partial charge in [-0.3, -0.25) is 4.79 Å². The van der Waals surface area contributed by atoms with Crippen LogP contribution in [0.2, 0.25) is 5.02 Å². The molecule has 122 valence electrons. The summed E-state index contributed by atoms with van der Waals surface area (Å²) in [6.45, 7) is 1.80. The lowest BCUT2D eigenvalue weighted by Gasteiger charge is -2.22. The summed E-state index contributed by atoms with van der Waals surface area (Å²) in [7, 11) is 1.61. The van der Waals surface area contributed by atoms with Crippen LogP contribution in [0.25, 0.3) is 0 Å². The number of rotatable bonds is 6. The van der Waals surface area contributed by atoms with Gasteiger partial charge in [-0.1, -0.05) is 41.9 Å². The van der Waals surface area contributed by atoms with E-state index >= 15 is 0 Å². The first-order valence-corrected chi connectivity index (χ1v) is 7.82. The summed E-state index contributed by atoms with van der Waals surface area (Å²) in [4.78, 5) is 12.2. The number of carbonyl (C=O) groups excluding carboxylic acids is 1. The van der Waals surface area contributed by atoms with Crippen molar-refractivity contribution in [1.82, 2.24) is 5.32 Å². The Morgan fingerprint density at radius 3 is 2.65 bits per heavy atom. The lowest BCUT2D eigenvalue weighted by atomic mass is 9.98. The molecule has 5 heteroatoms. The average Bonchev–Trinajstić information content (AvgIpc) is 2.53.